The molecule has 8 heteroatoms. The van der Waals surface area contributed by atoms with Crippen molar-refractivity contribution in [3.63, 3.8) is 0 Å². The Bertz CT molecular complexity index is 831. The van der Waals surface area contributed by atoms with Crippen LogP contribution < -0.4 is 5.32 Å². The average molecular weight is 423 g/mol. The molecule has 2 fully saturated rings. The highest BCUT2D eigenvalue weighted by atomic mass is 32.2. The maximum Gasteiger partial charge on any atom is 0.338 e. The molecule has 1 aromatic rings. The van der Waals surface area contributed by atoms with Crippen molar-refractivity contribution in [2.45, 2.75) is 69.4 Å². The van der Waals surface area contributed by atoms with Gasteiger partial charge in [0.05, 0.1) is 10.5 Å². The molecule has 0 spiro atoms. The second kappa shape index (κ2) is 9.26. The number of sulfonamides is 1. The fraction of sp³-hybridized carbons (Fsp3) is 0.619. The summed E-state index contributed by atoms with van der Waals surface area (Å²) in [6, 6.07) is 5.81. The van der Waals surface area contributed by atoms with Crippen LogP contribution in [0.2, 0.25) is 0 Å². The summed E-state index contributed by atoms with van der Waals surface area (Å²) in [5.74, 6) is -0.527. The van der Waals surface area contributed by atoms with E-state index in [2.05, 4.69) is 12.2 Å². The van der Waals surface area contributed by atoms with Crippen molar-refractivity contribution in [3.05, 3.63) is 29.8 Å². The maximum atomic E-state index is 12.6. The van der Waals surface area contributed by atoms with Gasteiger partial charge >= 0.3 is 5.97 Å². The second-order valence-corrected chi connectivity index (χ2v) is 10.00. The first kappa shape index (κ1) is 21.8. The van der Waals surface area contributed by atoms with E-state index in [1.807, 2.05) is 0 Å². The van der Waals surface area contributed by atoms with Crippen LogP contribution in [-0.4, -0.2) is 49.8 Å². The highest BCUT2D eigenvalue weighted by Crippen LogP contribution is 2.24. The van der Waals surface area contributed by atoms with Gasteiger partial charge in [-0.2, -0.15) is 4.31 Å². The molecule has 7 nitrogen and oxygen atoms in total. The minimum absolute atomic E-state index is 0.118. The van der Waals surface area contributed by atoms with Gasteiger partial charge in [0.15, 0.2) is 6.10 Å². The van der Waals surface area contributed by atoms with Crippen molar-refractivity contribution in [1.29, 1.82) is 0 Å². The molecule has 2 aliphatic rings. The lowest BCUT2D eigenvalue weighted by Gasteiger charge is -2.30. The molecule has 1 aliphatic heterocycles. The molecule has 1 saturated carbocycles. The second-order valence-electron chi connectivity index (χ2n) is 8.06. The number of hydrogen-bond acceptors (Lipinski definition) is 5. The lowest BCUT2D eigenvalue weighted by molar-refractivity contribution is -0.130. The first-order valence-corrected chi connectivity index (χ1v) is 11.8. The number of carbonyl (C=O) groups is 2. The summed E-state index contributed by atoms with van der Waals surface area (Å²) in [6.45, 7) is 4.72. The van der Waals surface area contributed by atoms with E-state index >= 15 is 0 Å². The highest BCUT2D eigenvalue weighted by molar-refractivity contribution is 7.89. The maximum absolute atomic E-state index is 12.6. The Morgan fingerprint density at radius 1 is 1.07 bits per heavy atom. The van der Waals surface area contributed by atoms with E-state index in [-0.39, 0.29) is 22.4 Å². The standard InChI is InChI=1S/C21H30N2O5S/c1-15-7-3-4-8-19(15)22-20(24)16(2)28-21(25)17-9-11-18(12-10-17)29(26,27)23-13-5-6-14-23/h9-12,15-16,19H,3-8,13-14H2,1-2H3,(H,22,24)/t15-,16+,19-/m0/s1. The van der Waals surface area contributed by atoms with Gasteiger partial charge in [-0.15, -0.1) is 0 Å². The van der Waals surface area contributed by atoms with Crippen LogP contribution in [0.4, 0.5) is 0 Å². The van der Waals surface area contributed by atoms with E-state index < -0.39 is 22.1 Å². The number of ether oxygens (including phenoxy) is 1. The summed E-state index contributed by atoms with van der Waals surface area (Å²) in [5.41, 5.74) is 0.219. The summed E-state index contributed by atoms with van der Waals surface area (Å²) in [5, 5.41) is 2.98. The van der Waals surface area contributed by atoms with Crippen LogP contribution in [0.1, 0.15) is 62.7 Å². The first-order valence-electron chi connectivity index (χ1n) is 10.4. The number of nitrogens with zero attached hydrogens (tertiary/aromatic N) is 1. The number of benzene rings is 1. The Kier molecular flexibility index (Phi) is 6.95. The minimum atomic E-state index is -3.52. The van der Waals surface area contributed by atoms with Crippen LogP contribution >= 0.6 is 0 Å². The number of rotatable bonds is 6. The Balaban J connectivity index is 1.58. The van der Waals surface area contributed by atoms with Crippen molar-refractivity contribution in [1.82, 2.24) is 9.62 Å². The Morgan fingerprint density at radius 3 is 2.31 bits per heavy atom. The average Bonchev–Trinajstić information content (AvgIpc) is 3.25. The molecule has 160 valence electrons. The third kappa shape index (κ3) is 5.17. The zero-order valence-electron chi connectivity index (χ0n) is 17.1. The SMILES string of the molecule is C[C@@H](OC(=O)c1ccc(S(=O)(=O)N2CCCC2)cc1)C(=O)N[C@H]1CCCC[C@@H]1C. The van der Waals surface area contributed by atoms with Gasteiger partial charge in [0, 0.05) is 19.1 Å². The first-order chi connectivity index (χ1) is 13.8. The number of esters is 1. The van der Waals surface area contributed by atoms with Crippen LogP contribution in [0.3, 0.4) is 0 Å². The van der Waals surface area contributed by atoms with Crippen molar-refractivity contribution in [2.75, 3.05) is 13.1 Å². The molecule has 29 heavy (non-hydrogen) atoms. The van der Waals surface area contributed by atoms with Gasteiger partial charge in [0.25, 0.3) is 5.91 Å². The lowest BCUT2D eigenvalue weighted by atomic mass is 9.86. The van der Waals surface area contributed by atoms with E-state index in [0.717, 1.165) is 32.1 Å². The molecule has 0 radical (unpaired) electrons. The van der Waals surface area contributed by atoms with E-state index in [0.29, 0.717) is 19.0 Å². The largest absolute Gasteiger partial charge is 0.449 e. The van der Waals surface area contributed by atoms with Gasteiger partial charge in [-0.25, -0.2) is 13.2 Å². The van der Waals surface area contributed by atoms with Gasteiger partial charge in [-0.1, -0.05) is 19.8 Å². The van der Waals surface area contributed by atoms with E-state index in [1.54, 1.807) is 6.92 Å². The Labute approximate surface area is 172 Å². The van der Waals surface area contributed by atoms with Crippen molar-refractivity contribution >= 4 is 21.9 Å². The number of hydrogen-bond donors (Lipinski definition) is 1. The smallest absolute Gasteiger partial charge is 0.338 e. The molecule has 0 aromatic heterocycles. The molecule has 0 bridgehead atoms. The molecule has 1 N–H and O–H groups in total. The molecule has 0 unspecified atom stereocenters. The number of carbonyl (C=O) groups excluding carboxylic acids is 2. The summed E-state index contributed by atoms with van der Waals surface area (Å²) < 4.78 is 31.9. The molecule has 1 saturated heterocycles. The Hall–Kier alpha value is -1.93. The summed E-state index contributed by atoms with van der Waals surface area (Å²) >= 11 is 0. The quantitative estimate of drug-likeness (QED) is 0.712. The van der Waals surface area contributed by atoms with Crippen molar-refractivity contribution in [3.8, 4) is 0 Å². The predicted octanol–water partition coefficient (Wildman–Crippen LogP) is 2.71. The van der Waals surface area contributed by atoms with Crippen molar-refractivity contribution in [2.24, 2.45) is 5.92 Å². The molecular weight excluding hydrogens is 392 g/mol. The number of amides is 1. The monoisotopic (exact) mass is 422 g/mol. The molecule has 1 amide bonds. The minimum Gasteiger partial charge on any atom is -0.449 e. The molecule has 3 atom stereocenters. The van der Waals surface area contributed by atoms with Gasteiger partial charge in [0.2, 0.25) is 10.0 Å². The normalized spacial score (nSPS) is 24.1. The van der Waals surface area contributed by atoms with E-state index in [1.165, 1.54) is 35.0 Å². The molecule has 1 heterocycles. The highest BCUT2D eigenvalue weighted by Gasteiger charge is 2.28. The molecule has 3 rings (SSSR count). The van der Waals surface area contributed by atoms with Gasteiger partial charge in [-0.3, -0.25) is 4.79 Å². The number of nitrogens with one attached hydrogen (secondary N) is 1. The van der Waals surface area contributed by atoms with Crippen LogP contribution in [0, 0.1) is 5.92 Å². The fourth-order valence-corrected chi connectivity index (χ4v) is 5.47. The molecule has 1 aromatic carbocycles. The summed E-state index contributed by atoms with van der Waals surface area (Å²) in [6.07, 6.45) is 5.13. The fourth-order valence-electron chi connectivity index (χ4n) is 3.95. The van der Waals surface area contributed by atoms with E-state index in [4.69, 9.17) is 4.74 Å². The van der Waals surface area contributed by atoms with Crippen LogP contribution in [0.5, 0.6) is 0 Å². The lowest BCUT2D eigenvalue weighted by Crippen LogP contribution is -2.45. The summed E-state index contributed by atoms with van der Waals surface area (Å²) in [7, 11) is -3.52. The molecular formula is C21H30N2O5S. The summed E-state index contributed by atoms with van der Waals surface area (Å²) in [4.78, 5) is 24.9. The van der Waals surface area contributed by atoms with Gasteiger partial charge in [-0.05, 0) is 62.8 Å². The van der Waals surface area contributed by atoms with E-state index in [9.17, 15) is 18.0 Å². The third-order valence-corrected chi connectivity index (χ3v) is 7.80. The zero-order valence-corrected chi connectivity index (χ0v) is 17.9. The van der Waals surface area contributed by atoms with Crippen molar-refractivity contribution < 1.29 is 22.7 Å². The van der Waals surface area contributed by atoms with Crippen LogP contribution in [0.25, 0.3) is 0 Å². The Morgan fingerprint density at radius 2 is 1.69 bits per heavy atom. The topological polar surface area (TPSA) is 92.8 Å². The third-order valence-electron chi connectivity index (χ3n) is 5.89. The molecule has 1 aliphatic carbocycles. The van der Waals surface area contributed by atoms with Gasteiger partial charge < -0.3 is 10.1 Å². The van der Waals surface area contributed by atoms with Crippen LogP contribution in [0.15, 0.2) is 29.2 Å². The van der Waals surface area contributed by atoms with Crippen LogP contribution in [-0.2, 0) is 19.6 Å². The predicted molar refractivity (Wildman–Crippen MR) is 109 cm³/mol. The van der Waals surface area contributed by atoms with Gasteiger partial charge in [0.1, 0.15) is 0 Å². The zero-order chi connectivity index (χ0) is 21.0.